The summed E-state index contributed by atoms with van der Waals surface area (Å²) in [4.78, 5) is 9.60. The molecule has 0 aliphatic rings. The number of non-ortho nitro benzene ring substituents is 1. The number of sulfonamides is 1. The fourth-order valence-electron chi connectivity index (χ4n) is 1.54. The minimum Gasteiger partial charge on any atom is -0.492 e. The predicted molar refractivity (Wildman–Crippen MR) is 74.6 cm³/mol. The first-order valence-corrected chi connectivity index (χ1v) is 7.31. The Morgan fingerprint density at radius 2 is 2.14 bits per heavy atom. The van der Waals surface area contributed by atoms with E-state index in [0.29, 0.717) is 12.8 Å². The summed E-state index contributed by atoms with van der Waals surface area (Å²) < 4.78 is 33.3. The van der Waals surface area contributed by atoms with Crippen molar-refractivity contribution in [2.75, 3.05) is 13.7 Å². The molecule has 1 aromatic carbocycles. The molecule has 0 heterocycles. The fourth-order valence-corrected chi connectivity index (χ4v) is 2.27. The van der Waals surface area contributed by atoms with E-state index in [1.165, 1.54) is 7.11 Å². The van der Waals surface area contributed by atoms with Gasteiger partial charge in [-0.1, -0.05) is 0 Å². The quantitative estimate of drug-likeness (QED) is 0.347. The summed E-state index contributed by atoms with van der Waals surface area (Å²) in [5.74, 6) is 2.16. The minimum absolute atomic E-state index is 0.0762. The summed E-state index contributed by atoms with van der Waals surface area (Å²) in [5.41, 5.74) is -0.466. The highest BCUT2D eigenvalue weighted by Gasteiger charge is 2.25. The average Bonchev–Trinajstić information content (AvgIpc) is 2.41. The Morgan fingerprint density at radius 1 is 1.48 bits per heavy atom. The first-order chi connectivity index (χ1) is 9.81. The summed E-state index contributed by atoms with van der Waals surface area (Å²) in [7, 11) is -2.99. The Kier molecular flexibility index (Phi) is 5.52. The number of terminal acetylenes is 1. The topological polar surface area (TPSA) is 122 Å². The van der Waals surface area contributed by atoms with Crippen LogP contribution in [-0.4, -0.2) is 27.1 Å². The summed E-state index contributed by atoms with van der Waals surface area (Å²) in [6.07, 6.45) is 6.06. The van der Waals surface area contributed by atoms with E-state index in [1.54, 1.807) is 0 Å². The Bertz CT molecular complexity index is 678. The van der Waals surface area contributed by atoms with Crippen molar-refractivity contribution in [2.24, 2.45) is 5.14 Å². The van der Waals surface area contributed by atoms with Crippen LogP contribution in [0, 0.1) is 22.5 Å². The van der Waals surface area contributed by atoms with Gasteiger partial charge in [-0.3, -0.25) is 10.1 Å². The number of nitro groups is 1. The number of unbranched alkanes of at least 4 members (excludes halogenated alkanes) is 1. The fraction of sp³-hybridized carbons (Fsp3) is 0.333. The van der Waals surface area contributed by atoms with Gasteiger partial charge in [0, 0.05) is 12.5 Å². The summed E-state index contributed by atoms with van der Waals surface area (Å²) in [6, 6.07) is 1.89. The van der Waals surface area contributed by atoms with Crippen molar-refractivity contribution >= 4 is 15.7 Å². The largest absolute Gasteiger partial charge is 0.492 e. The van der Waals surface area contributed by atoms with Gasteiger partial charge in [0.1, 0.15) is 4.90 Å². The van der Waals surface area contributed by atoms with Gasteiger partial charge in [0.2, 0.25) is 10.0 Å². The molecule has 0 radical (unpaired) electrons. The number of methoxy groups -OCH3 is 1. The molecule has 0 saturated heterocycles. The lowest BCUT2D eigenvalue weighted by Gasteiger charge is -2.13. The highest BCUT2D eigenvalue weighted by molar-refractivity contribution is 7.89. The van der Waals surface area contributed by atoms with Crippen LogP contribution in [0.4, 0.5) is 5.69 Å². The summed E-state index contributed by atoms with van der Waals surface area (Å²) in [5, 5.41) is 15.9. The molecule has 114 valence electrons. The number of hydrogen-bond acceptors (Lipinski definition) is 6. The molecule has 1 aromatic rings. The third-order valence-electron chi connectivity index (χ3n) is 2.45. The van der Waals surface area contributed by atoms with Gasteiger partial charge < -0.3 is 9.47 Å². The first-order valence-electron chi connectivity index (χ1n) is 5.76. The van der Waals surface area contributed by atoms with Crippen molar-refractivity contribution in [3.8, 4) is 23.8 Å². The molecule has 0 unspecified atom stereocenters. The van der Waals surface area contributed by atoms with Crippen molar-refractivity contribution in [3.05, 3.63) is 22.2 Å². The van der Waals surface area contributed by atoms with Crippen LogP contribution in [0.2, 0.25) is 0 Å². The molecule has 0 saturated carbocycles. The van der Waals surface area contributed by atoms with Crippen LogP contribution >= 0.6 is 0 Å². The Hall–Kier alpha value is -2.31. The zero-order valence-corrected chi connectivity index (χ0v) is 12.1. The van der Waals surface area contributed by atoms with E-state index < -0.39 is 25.5 Å². The summed E-state index contributed by atoms with van der Waals surface area (Å²) in [6.45, 7) is 0.159. The second kappa shape index (κ2) is 6.92. The van der Waals surface area contributed by atoms with Gasteiger partial charge in [-0.15, -0.1) is 12.3 Å². The lowest BCUT2D eigenvalue weighted by atomic mass is 10.2. The molecular weight excluding hydrogens is 300 g/mol. The van der Waals surface area contributed by atoms with Gasteiger partial charge >= 0.3 is 0 Å². The Labute approximate surface area is 122 Å². The number of rotatable bonds is 7. The SMILES string of the molecule is C#CCCCOc1cc([N+](=O)[O-])cc(S(N)(=O)=O)c1OC. The number of nitro benzene ring substituents is 1. The molecule has 0 aliphatic carbocycles. The van der Waals surface area contributed by atoms with Crippen molar-refractivity contribution in [3.63, 3.8) is 0 Å². The average molecular weight is 314 g/mol. The van der Waals surface area contributed by atoms with Gasteiger partial charge in [0.05, 0.1) is 24.7 Å². The summed E-state index contributed by atoms with van der Waals surface area (Å²) >= 11 is 0. The molecule has 0 fully saturated rings. The van der Waals surface area contributed by atoms with E-state index >= 15 is 0 Å². The van der Waals surface area contributed by atoms with Crippen LogP contribution in [0.15, 0.2) is 17.0 Å². The Balaban J connectivity index is 3.30. The van der Waals surface area contributed by atoms with E-state index in [-0.39, 0.29) is 18.1 Å². The highest BCUT2D eigenvalue weighted by atomic mass is 32.2. The highest BCUT2D eigenvalue weighted by Crippen LogP contribution is 2.37. The van der Waals surface area contributed by atoms with Crippen LogP contribution in [0.1, 0.15) is 12.8 Å². The van der Waals surface area contributed by atoms with Crippen LogP contribution in [0.25, 0.3) is 0 Å². The van der Waals surface area contributed by atoms with Crippen LogP contribution < -0.4 is 14.6 Å². The van der Waals surface area contributed by atoms with E-state index in [2.05, 4.69) is 5.92 Å². The molecule has 0 aromatic heterocycles. The molecule has 21 heavy (non-hydrogen) atoms. The zero-order chi connectivity index (χ0) is 16.0. The smallest absolute Gasteiger partial charge is 0.274 e. The van der Waals surface area contributed by atoms with Gasteiger partial charge in [0.25, 0.3) is 5.69 Å². The molecule has 0 aliphatic heterocycles. The Morgan fingerprint density at radius 3 is 2.62 bits per heavy atom. The van der Waals surface area contributed by atoms with Gasteiger partial charge in [0.15, 0.2) is 11.5 Å². The van der Waals surface area contributed by atoms with Crippen LogP contribution in [0.5, 0.6) is 11.5 Å². The van der Waals surface area contributed by atoms with Gasteiger partial charge in [-0.25, -0.2) is 13.6 Å². The normalized spacial score (nSPS) is 10.7. The van der Waals surface area contributed by atoms with Gasteiger partial charge in [-0.2, -0.15) is 0 Å². The second-order valence-corrected chi connectivity index (χ2v) is 5.46. The molecule has 9 heteroatoms. The first kappa shape index (κ1) is 16.7. The maximum absolute atomic E-state index is 11.5. The number of benzene rings is 1. The van der Waals surface area contributed by atoms with E-state index in [1.807, 2.05) is 0 Å². The number of ether oxygens (including phenoxy) is 2. The van der Waals surface area contributed by atoms with Crippen molar-refractivity contribution < 1.29 is 22.8 Å². The monoisotopic (exact) mass is 314 g/mol. The second-order valence-electron chi connectivity index (χ2n) is 3.93. The zero-order valence-electron chi connectivity index (χ0n) is 11.2. The maximum Gasteiger partial charge on any atom is 0.274 e. The van der Waals surface area contributed by atoms with Crippen LogP contribution in [0.3, 0.4) is 0 Å². The molecule has 2 N–H and O–H groups in total. The standard InChI is InChI=1S/C12H14N2O6S/c1-3-4-5-6-20-10-7-9(14(15)16)8-11(12(10)19-2)21(13,17)18/h1,7-8H,4-6H2,2H3,(H2,13,17,18). The number of primary sulfonamides is 1. The van der Waals surface area contributed by atoms with Crippen molar-refractivity contribution in [2.45, 2.75) is 17.7 Å². The third-order valence-corrected chi connectivity index (χ3v) is 3.37. The van der Waals surface area contributed by atoms with E-state index in [0.717, 1.165) is 12.1 Å². The molecule has 1 rings (SSSR count). The van der Waals surface area contributed by atoms with Crippen molar-refractivity contribution in [1.82, 2.24) is 0 Å². The van der Waals surface area contributed by atoms with Crippen molar-refractivity contribution in [1.29, 1.82) is 0 Å². The molecule has 8 nitrogen and oxygen atoms in total. The molecule has 0 atom stereocenters. The lowest BCUT2D eigenvalue weighted by Crippen LogP contribution is -2.14. The van der Waals surface area contributed by atoms with E-state index in [9.17, 15) is 18.5 Å². The third kappa shape index (κ3) is 4.34. The molecule has 0 amide bonds. The number of hydrogen-bond donors (Lipinski definition) is 1. The van der Waals surface area contributed by atoms with E-state index in [4.69, 9.17) is 21.0 Å². The van der Waals surface area contributed by atoms with Crippen LogP contribution in [-0.2, 0) is 10.0 Å². The molecule has 0 spiro atoms. The molecule has 0 bridgehead atoms. The molecular formula is C12H14N2O6S. The predicted octanol–water partition coefficient (Wildman–Crippen LogP) is 1.04. The number of nitrogens with zero attached hydrogens (tertiary/aromatic N) is 1. The lowest BCUT2D eigenvalue weighted by molar-refractivity contribution is -0.385. The minimum atomic E-state index is -4.20. The van der Waals surface area contributed by atoms with Gasteiger partial charge in [-0.05, 0) is 6.42 Å². The maximum atomic E-state index is 11.5. The number of nitrogens with two attached hydrogens (primary N) is 1.